The largest absolute Gasteiger partial charge is 0.465 e. The van der Waals surface area contributed by atoms with Crippen molar-refractivity contribution in [3.05, 3.63) is 28.8 Å². The van der Waals surface area contributed by atoms with Crippen molar-refractivity contribution < 1.29 is 27.1 Å². The highest BCUT2D eigenvalue weighted by molar-refractivity contribution is 7.88. The number of fused-ring (bicyclic) bond motifs is 1. The number of carbonyl (C=O) groups is 2. The third-order valence-corrected chi connectivity index (χ3v) is 6.95. The monoisotopic (exact) mass is 443 g/mol. The van der Waals surface area contributed by atoms with Crippen molar-refractivity contribution >= 4 is 43.5 Å². The summed E-state index contributed by atoms with van der Waals surface area (Å²) in [5.41, 5.74) is 0.153. The van der Waals surface area contributed by atoms with E-state index in [1.54, 1.807) is 13.0 Å². The number of benzene rings is 1. The van der Waals surface area contributed by atoms with Crippen LogP contribution in [0.3, 0.4) is 0 Å². The van der Waals surface area contributed by atoms with Gasteiger partial charge in [0.1, 0.15) is 18.4 Å². The number of nitrogens with zero attached hydrogens (tertiary/aromatic N) is 3. The quantitative estimate of drug-likeness (QED) is 0.655. The highest BCUT2D eigenvalue weighted by Gasteiger charge is 2.34. The molecule has 1 aromatic carbocycles. The number of hydrogen-bond acceptors (Lipinski definition) is 6. The predicted molar refractivity (Wildman–Crippen MR) is 106 cm³/mol. The molecule has 1 aliphatic heterocycles. The minimum Gasteiger partial charge on any atom is -0.465 e. The van der Waals surface area contributed by atoms with Gasteiger partial charge < -0.3 is 9.30 Å². The molecule has 11 heteroatoms. The van der Waals surface area contributed by atoms with Crippen molar-refractivity contribution in [3.63, 3.8) is 0 Å². The first-order valence-electron chi connectivity index (χ1n) is 9.21. The second kappa shape index (κ2) is 8.72. The molecule has 0 bridgehead atoms. The Morgan fingerprint density at radius 2 is 2.10 bits per heavy atom. The number of carbonyl (C=O) groups excluding carboxylic acids is 2. The van der Waals surface area contributed by atoms with Gasteiger partial charge in [-0.1, -0.05) is 23.8 Å². The number of aromatic nitrogens is 1. The van der Waals surface area contributed by atoms with Crippen LogP contribution in [0.4, 0.5) is 4.39 Å². The van der Waals surface area contributed by atoms with Crippen LogP contribution in [0.1, 0.15) is 26.2 Å². The number of thiazole rings is 1. The summed E-state index contributed by atoms with van der Waals surface area (Å²) >= 11 is 1.06. The first-order valence-corrected chi connectivity index (χ1v) is 11.9. The van der Waals surface area contributed by atoms with Gasteiger partial charge in [0.2, 0.25) is 10.0 Å². The summed E-state index contributed by atoms with van der Waals surface area (Å²) < 4.78 is 46.4. The van der Waals surface area contributed by atoms with E-state index in [2.05, 4.69) is 4.99 Å². The maximum atomic E-state index is 14.4. The SMILES string of the molecule is CCOC(=O)Cn1c(=NC(=O)C2CCCCN2S(C)(=O)=O)sc2cccc(F)c21. The maximum Gasteiger partial charge on any atom is 0.326 e. The fourth-order valence-corrected chi connectivity index (χ4v) is 5.54. The number of rotatable bonds is 5. The number of sulfonamides is 1. The van der Waals surface area contributed by atoms with E-state index in [0.717, 1.165) is 21.9 Å². The summed E-state index contributed by atoms with van der Waals surface area (Å²) in [6, 6.07) is 3.55. The van der Waals surface area contributed by atoms with E-state index in [0.29, 0.717) is 24.0 Å². The summed E-state index contributed by atoms with van der Waals surface area (Å²) in [5.74, 6) is -1.76. The maximum absolute atomic E-state index is 14.4. The second-order valence-corrected chi connectivity index (χ2v) is 9.64. The topological polar surface area (TPSA) is 98.0 Å². The molecule has 1 amide bonds. The molecule has 158 valence electrons. The molecule has 0 radical (unpaired) electrons. The summed E-state index contributed by atoms with van der Waals surface area (Å²) in [7, 11) is -3.57. The van der Waals surface area contributed by atoms with Crippen LogP contribution in [-0.4, -0.2) is 54.6 Å². The van der Waals surface area contributed by atoms with Crippen LogP contribution in [0.5, 0.6) is 0 Å². The standard InChI is InChI=1S/C18H22FN3O5S2/c1-3-27-15(23)11-21-16-12(19)7-6-9-14(16)28-18(21)20-17(24)13-8-4-5-10-22(13)29(2,25)26/h6-7,9,13H,3-5,8,10-11H2,1-2H3. The van der Waals surface area contributed by atoms with Crippen molar-refractivity contribution in [2.24, 2.45) is 4.99 Å². The fourth-order valence-electron chi connectivity index (χ4n) is 3.37. The van der Waals surface area contributed by atoms with E-state index in [1.807, 2.05) is 0 Å². The molecule has 1 aromatic heterocycles. The molecule has 1 fully saturated rings. The van der Waals surface area contributed by atoms with Gasteiger partial charge in [0, 0.05) is 6.54 Å². The average molecular weight is 444 g/mol. The molecular formula is C18H22FN3O5S2. The van der Waals surface area contributed by atoms with Crippen molar-refractivity contribution in [2.75, 3.05) is 19.4 Å². The molecular weight excluding hydrogens is 421 g/mol. The van der Waals surface area contributed by atoms with Crippen LogP contribution in [0.25, 0.3) is 10.2 Å². The molecule has 29 heavy (non-hydrogen) atoms. The number of amides is 1. The Bertz CT molecular complexity index is 1110. The number of para-hydroxylation sites is 1. The number of piperidine rings is 1. The molecule has 0 spiro atoms. The summed E-state index contributed by atoms with van der Waals surface area (Å²) in [6.07, 6.45) is 2.82. The highest BCUT2D eigenvalue weighted by Crippen LogP contribution is 2.23. The van der Waals surface area contributed by atoms with E-state index in [9.17, 15) is 22.4 Å². The van der Waals surface area contributed by atoms with E-state index < -0.39 is 33.8 Å². The second-order valence-electron chi connectivity index (χ2n) is 6.70. The molecule has 0 saturated carbocycles. The van der Waals surface area contributed by atoms with Crippen LogP contribution < -0.4 is 4.80 Å². The van der Waals surface area contributed by atoms with Crippen LogP contribution in [0.2, 0.25) is 0 Å². The molecule has 0 N–H and O–H groups in total. The van der Waals surface area contributed by atoms with Crippen LogP contribution in [0, 0.1) is 5.82 Å². The van der Waals surface area contributed by atoms with Gasteiger partial charge in [-0.25, -0.2) is 12.8 Å². The summed E-state index contributed by atoms with van der Waals surface area (Å²) in [4.78, 5) is 29.1. The molecule has 8 nitrogen and oxygen atoms in total. The normalized spacial score (nSPS) is 18.9. The molecule has 2 heterocycles. The summed E-state index contributed by atoms with van der Waals surface area (Å²) in [5, 5.41) is 0. The summed E-state index contributed by atoms with van der Waals surface area (Å²) in [6.45, 7) is 1.78. The number of ether oxygens (including phenoxy) is 1. The lowest BCUT2D eigenvalue weighted by atomic mass is 10.0. The Morgan fingerprint density at radius 3 is 2.79 bits per heavy atom. The molecule has 1 saturated heterocycles. The minimum atomic E-state index is -3.57. The van der Waals surface area contributed by atoms with Gasteiger partial charge >= 0.3 is 5.97 Å². The number of halogens is 1. The van der Waals surface area contributed by atoms with Gasteiger partial charge in [-0.2, -0.15) is 9.30 Å². The molecule has 1 aliphatic rings. The Hall–Kier alpha value is -2.11. The lowest BCUT2D eigenvalue weighted by molar-refractivity contribution is -0.143. The van der Waals surface area contributed by atoms with Crippen molar-refractivity contribution in [2.45, 2.75) is 38.8 Å². The smallest absolute Gasteiger partial charge is 0.326 e. The predicted octanol–water partition coefficient (Wildman–Crippen LogP) is 1.65. The highest BCUT2D eigenvalue weighted by atomic mass is 32.2. The van der Waals surface area contributed by atoms with Gasteiger partial charge in [0.05, 0.1) is 23.1 Å². The third kappa shape index (κ3) is 4.73. The van der Waals surface area contributed by atoms with Gasteiger partial charge in [-0.05, 0) is 31.9 Å². The number of hydrogen-bond donors (Lipinski definition) is 0. The molecule has 0 aliphatic carbocycles. The Balaban J connectivity index is 2.08. The van der Waals surface area contributed by atoms with Crippen molar-refractivity contribution in [3.8, 4) is 0 Å². The van der Waals surface area contributed by atoms with Gasteiger partial charge in [-0.15, -0.1) is 0 Å². The first kappa shape index (κ1) is 21.6. The zero-order chi connectivity index (χ0) is 21.2. The Morgan fingerprint density at radius 1 is 1.34 bits per heavy atom. The van der Waals surface area contributed by atoms with Crippen LogP contribution >= 0.6 is 11.3 Å². The lowest BCUT2D eigenvalue weighted by Gasteiger charge is -2.31. The Kier molecular flexibility index (Phi) is 6.49. The fraction of sp³-hybridized carbons (Fsp3) is 0.500. The van der Waals surface area contributed by atoms with Crippen molar-refractivity contribution in [1.82, 2.24) is 8.87 Å². The minimum absolute atomic E-state index is 0.127. The molecule has 1 atom stereocenters. The van der Waals surface area contributed by atoms with Crippen molar-refractivity contribution in [1.29, 1.82) is 0 Å². The van der Waals surface area contributed by atoms with Crippen LogP contribution in [-0.2, 0) is 30.9 Å². The lowest BCUT2D eigenvalue weighted by Crippen LogP contribution is -2.47. The number of esters is 1. The zero-order valence-corrected chi connectivity index (χ0v) is 17.8. The molecule has 1 unspecified atom stereocenters. The van der Waals surface area contributed by atoms with Gasteiger partial charge in [0.25, 0.3) is 5.91 Å². The van der Waals surface area contributed by atoms with E-state index in [4.69, 9.17) is 4.74 Å². The Labute approximate surface area is 171 Å². The van der Waals surface area contributed by atoms with E-state index in [1.165, 1.54) is 16.7 Å². The van der Waals surface area contributed by atoms with Gasteiger partial charge in [-0.3, -0.25) is 9.59 Å². The first-order chi connectivity index (χ1) is 13.7. The van der Waals surface area contributed by atoms with Crippen LogP contribution in [0.15, 0.2) is 23.2 Å². The van der Waals surface area contributed by atoms with Gasteiger partial charge in [0.15, 0.2) is 4.80 Å². The average Bonchev–Trinajstić information content (AvgIpc) is 2.99. The third-order valence-electron chi connectivity index (χ3n) is 4.61. The van der Waals surface area contributed by atoms with E-state index in [-0.39, 0.29) is 30.0 Å². The molecule has 2 aromatic rings. The molecule has 3 rings (SSSR count). The van der Waals surface area contributed by atoms with E-state index >= 15 is 0 Å². The zero-order valence-electron chi connectivity index (χ0n) is 16.1.